The van der Waals surface area contributed by atoms with E-state index < -0.39 is 0 Å². The second kappa shape index (κ2) is 12.3. The molecule has 0 radical (unpaired) electrons. The van der Waals surface area contributed by atoms with Crippen LogP contribution in [0.25, 0.3) is 0 Å². The van der Waals surface area contributed by atoms with E-state index in [2.05, 4.69) is 29.7 Å². The van der Waals surface area contributed by atoms with Gasteiger partial charge < -0.3 is 16.4 Å². The second-order valence-corrected chi connectivity index (χ2v) is 4.47. The summed E-state index contributed by atoms with van der Waals surface area (Å²) in [6, 6.07) is 4.63. The van der Waals surface area contributed by atoms with E-state index >= 15 is 0 Å². The summed E-state index contributed by atoms with van der Waals surface area (Å²) >= 11 is 0. The van der Waals surface area contributed by atoms with Gasteiger partial charge in [-0.3, -0.25) is 0 Å². The fourth-order valence-corrected chi connectivity index (χ4v) is 1.89. The molecule has 0 aliphatic carbocycles. The van der Waals surface area contributed by atoms with E-state index in [1.807, 2.05) is 0 Å². The fourth-order valence-electron chi connectivity index (χ4n) is 1.89. The molecule has 0 heterocycles. The van der Waals surface area contributed by atoms with Crippen LogP contribution < -0.4 is 16.4 Å². The Balaban J connectivity index is 3.89. The summed E-state index contributed by atoms with van der Waals surface area (Å²) in [7, 11) is 0. The van der Waals surface area contributed by atoms with Crippen LogP contribution in [0.4, 0.5) is 0 Å². The van der Waals surface area contributed by atoms with Crippen LogP contribution in [0.15, 0.2) is 0 Å². The first-order valence-electron chi connectivity index (χ1n) is 6.64. The molecule has 0 saturated carbocycles. The zero-order valence-electron chi connectivity index (χ0n) is 11.3. The highest BCUT2D eigenvalue weighted by molar-refractivity contribution is 4.78. The molecule has 0 bridgehead atoms. The van der Waals surface area contributed by atoms with E-state index in [1.54, 1.807) is 0 Å². The summed E-state index contributed by atoms with van der Waals surface area (Å²) in [5.74, 6) is 0.506. The summed E-state index contributed by atoms with van der Waals surface area (Å²) in [5.41, 5.74) is 5.58. The Bertz CT molecular complexity index is 266. The first kappa shape index (κ1) is 16.9. The normalized spacial score (nSPS) is 13.6. The van der Waals surface area contributed by atoms with Gasteiger partial charge in [0.25, 0.3) is 0 Å². The number of rotatable bonds is 11. The maximum absolute atomic E-state index is 8.54. The van der Waals surface area contributed by atoms with E-state index in [4.69, 9.17) is 16.3 Å². The molecule has 0 amide bonds. The first-order chi connectivity index (χ1) is 8.76. The highest BCUT2D eigenvalue weighted by Crippen LogP contribution is 2.10. The van der Waals surface area contributed by atoms with Crippen LogP contribution in [0, 0.1) is 28.6 Å². The number of hydrogen-bond acceptors (Lipinski definition) is 5. The van der Waals surface area contributed by atoms with Crippen molar-refractivity contribution in [2.45, 2.75) is 38.6 Å². The van der Waals surface area contributed by atoms with Crippen molar-refractivity contribution in [3.8, 4) is 12.1 Å². The molecule has 102 valence electrons. The van der Waals surface area contributed by atoms with Crippen molar-refractivity contribution in [3.05, 3.63) is 0 Å². The molecule has 0 aromatic carbocycles. The van der Waals surface area contributed by atoms with Crippen LogP contribution in [0.1, 0.15) is 32.6 Å². The van der Waals surface area contributed by atoms with Crippen molar-refractivity contribution in [2.75, 3.05) is 26.2 Å². The zero-order chi connectivity index (χ0) is 13.6. The van der Waals surface area contributed by atoms with E-state index in [-0.39, 0.29) is 0 Å². The third-order valence-electron chi connectivity index (χ3n) is 3.00. The number of nitrogens with two attached hydrogens (primary N) is 1. The maximum atomic E-state index is 8.54. The smallest absolute Gasteiger partial charge is 0.0635 e. The van der Waals surface area contributed by atoms with E-state index in [1.165, 1.54) is 0 Å². The summed E-state index contributed by atoms with van der Waals surface area (Å²) in [5, 5.41) is 23.6. The van der Waals surface area contributed by atoms with Gasteiger partial charge in [0.2, 0.25) is 0 Å². The second-order valence-electron chi connectivity index (χ2n) is 4.47. The van der Waals surface area contributed by atoms with Gasteiger partial charge in [0.05, 0.1) is 12.1 Å². The average Bonchev–Trinajstić information content (AvgIpc) is 2.37. The molecule has 18 heavy (non-hydrogen) atoms. The zero-order valence-corrected chi connectivity index (χ0v) is 11.3. The van der Waals surface area contributed by atoms with Gasteiger partial charge in [-0.25, -0.2) is 0 Å². The molecular formula is C13H25N5. The predicted molar refractivity (Wildman–Crippen MR) is 72.6 cm³/mol. The van der Waals surface area contributed by atoms with Crippen molar-refractivity contribution in [2.24, 2.45) is 11.7 Å². The van der Waals surface area contributed by atoms with Crippen LogP contribution in [-0.4, -0.2) is 32.2 Å². The first-order valence-corrected chi connectivity index (χ1v) is 6.64. The monoisotopic (exact) mass is 251 g/mol. The SMILES string of the molecule is CC(CCN)C(CCNCCC#N)NCCC#N. The van der Waals surface area contributed by atoms with Gasteiger partial charge in [-0.2, -0.15) is 10.5 Å². The van der Waals surface area contributed by atoms with Crippen LogP contribution in [0.3, 0.4) is 0 Å². The minimum absolute atomic E-state index is 0.386. The molecule has 0 spiro atoms. The van der Waals surface area contributed by atoms with E-state index in [0.29, 0.717) is 31.3 Å². The van der Waals surface area contributed by atoms with Gasteiger partial charge >= 0.3 is 0 Å². The van der Waals surface area contributed by atoms with Gasteiger partial charge in [0.15, 0.2) is 0 Å². The largest absolute Gasteiger partial charge is 0.330 e. The fraction of sp³-hybridized carbons (Fsp3) is 0.846. The molecule has 2 unspecified atom stereocenters. The Hall–Kier alpha value is -1.14. The third kappa shape index (κ3) is 8.95. The Kier molecular flexibility index (Phi) is 11.5. The standard InChI is InChI=1S/C13H25N5/c1-12(4-8-16)13(18-10-3-7-15)5-11-17-9-2-6-14/h12-13,17-18H,2-5,8-11,16H2,1H3. The Labute approximate surface area is 110 Å². The van der Waals surface area contributed by atoms with Crippen molar-refractivity contribution in [3.63, 3.8) is 0 Å². The molecular weight excluding hydrogens is 226 g/mol. The summed E-state index contributed by atoms with van der Waals surface area (Å²) < 4.78 is 0. The minimum Gasteiger partial charge on any atom is -0.330 e. The molecule has 0 aliphatic rings. The lowest BCUT2D eigenvalue weighted by molar-refractivity contribution is 0.340. The average molecular weight is 251 g/mol. The molecule has 4 N–H and O–H groups in total. The molecule has 5 nitrogen and oxygen atoms in total. The molecule has 2 atom stereocenters. The molecule has 0 fully saturated rings. The highest BCUT2D eigenvalue weighted by atomic mass is 14.9. The minimum atomic E-state index is 0.386. The summed E-state index contributed by atoms with van der Waals surface area (Å²) in [4.78, 5) is 0. The summed E-state index contributed by atoms with van der Waals surface area (Å²) in [6.07, 6.45) is 3.07. The van der Waals surface area contributed by atoms with Gasteiger partial charge in [-0.15, -0.1) is 0 Å². The lowest BCUT2D eigenvalue weighted by atomic mass is 9.95. The molecule has 0 aromatic heterocycles. The number of hydrogen-bond donors (Lipinski definition) is 3. The molecule has 0 aliphatic heterocycles. The van der Waals surface area contributed by atoms with Crippen molar-refractivity contribution < 1.29 is 0 Å². The Morgan fingerprint density at radius 3 is 2.33 bits per heavy atom. The molecule has 0 rings (SSSR count). The lowest BCUT2D eigenvalue weighted by Crippen LogP contribution is -2.39. The quantitative estimate of drug-likeness (QED) is 0.470. The van der Waals surface area contributed by atoms with Gasteiger partial charge in [-0.1, -0.05) is 6.92 Å². The van der Waals surface area contributed by atoms with Crippen LogP contribution in [0.5, 0.6) is 0 Å². The van der Waals surface area contributed by atoms with Crippen LogP contribution >= 0.6 is 0 Å². The number of nitrogens with one attached hydrogen (secondary N) is 2. The molecule has 0 aromatic rings. The van der Waals surface area contributed by atoms with Crippen molar-refractivity contribution >= 4 is 0 Å². The van der Waals surface area contributed by atoms with Crippen molar-refractivity contribution in [1.29, 1.82) is 10.5 Å². The van der Waals surface area contributed by atoms with Crippen LogP contribution in [-0.2, 0) is 0 Å². The lowest BCUT2D eigenvalue weighted by Gasteiger charge is -2.25. The van der Waals surface area contributed by atoms with Crippen molar-refractivity contribution in [1.82, 2.24) is 10.6 Å². The summed E-state index contributed by atoms with van der Waals surface area (Å²) in [6.45, 7) is 5.24. The van der Waals surface area contributed by atoms with Gasteiger partial charge in [0, 0.05) is 32.0 Å². The van der Waals surface area contributed by atoms with Gasteiger partial charge in [-0.05, 0) is 31.8 Å². The highest BCUT2D eigenvalue weighted by Gasteiger charge is 2.15. The predicted octanol–water partition coefficient (Wildman–Crippen LogP) is 0.737. The van der Waals surface area contributed by atoms with E-state index in [0.717, 1.165) is 32.5 Å². The third-order valence-corrected chi connectivity index (χ3v) is 3.00. The van der Waals surface area contributed by atoms with E-state index in [9.17, 15) is 0 Å². The van der Waals surface area contributed by atoms with Gasteiger partial charge in [0.1, 0.15) is 0 Å². The maximum Gasteiger partial charge on any atom is 0.0635 e. The number of nitrogens with zero attached hydrogens (tertiary/aromatic N) is 2. The van der Waals surface area contributed by atoms with Crippen LogP contribution in [0.2, 0.25) is 0 Å². The Morgan fingerprint density at radius 1 is 1.06 bits per heavy atom. The molecule has 5 heteroatoms. The Morgan fingerprint density at radius 2 is 1.72 bits per heavy atom. The molecule has 0 saturated heterocycles. The topological polar surface area (TPSA) is 97.7 Å². The number of nitriles is 2.